The monoisotopic (exact) mass is 601 g/mol. The second-order valence-corrected chi connectivity index (χ2v) is 13.2. The quantitative estimate of drug-likeness (QED) is 0.195. The van der Waals surface area contributed by atoms with Gasteiger partial charge in [0, 0.05) is 37.0 Å². The maximum absolute atomic E-state index is 2.45. The summed E-state index contributed by atoms with van der Waals surface area (Å²) < 4.78 is 2.45. The van der Waals surface area contributed by atoms with Gasteiger partial charge >= 0.3 is 0 Å². The van der Waals surface area contributed by atoms with Gasteiger partial charge in [-0.05, 0) is 80.6 Å². The van der Waals surface area contributed by atoms with Crippen LogP contribution in [-0.4, -0.2) is 4.57 Å². The Labute approximate surface area is 271 Å². The summed E-state index contributed by atoms with van der Waals surface area (Å²) in [6.45, 7) is 0. The molecule has 0 spiro atoms. The molecule has 0 saturated carbocycles. The molecular weight excluding hydrogens is 575 g/mol. The number of benzene rings is 8. The number of aromatic nitrogens is 1. The molecule has 0 atom stereocenters. The highest BCUT2D eigenvalue weighted by Gasteiger charge is 2.22. The van der Waals surface area contributed by atoms with E-state index in [0.29, 0.717) is 0 Å². The smallest absolute Gasteiger partial charge is 0.0619 e. The molecule has 0 fully saturated rings. The van der Waals surface area contributed by atoms with Crippen LogP contribution in [0.15, 0.2) is 174 Å². The zero-order valence-electron chi connectivity index (χ0n) is 24.9. The van der Waals surface area contributed by atoms with Crippen LogP contribution in [0.3, 0.4) is 0 Å². The van der Waals surface area contributed by atoms with Crippen molar-refractivity contribution in [3.05, 3.63) is 164 Å². The molecule has 9 aromatic rings. The summed E-state index contributed by atoms with van der Waals surface area (Å²) in [5, 5.41) is 7.73. The largest absolute Gasteiger partial charge is 0.309 e. The highest BCUT2D eigenvalue weighted by atomic mass is 32.2. The van der Waals surface area contributed by atoms with Gasteiger partial charge in [0.05, 0.1) is 11.0 Å². The fraction of sp³-hybridized carbons (Fsp3) is 0. The first-order valence-electron chi connectivity index (χ1n) is 15.8. The van der Waals surface area contributed by atoms with Crippen molar-refractivity contribution in [3.63, 3.8) is 0 Å². The zero-order valence-corrected chi connectivity index (χ0v) is 25.8. The molecule has 0 aliphatic carbocycles. The second kappa shape index (κ2) is 9.97. The highest BCUT2D eigenvalue weighted by Crippen LogP contribution is 2.50. The molecule has 8 aromatic carbocycles. The number of hydrogen-bond donors (Lipinski definition) is 0. The molecule has 0 amide bonds. The standard InChI is InChI=1S/C44H27NS/c1-2-14-31(15-3-1)45-39-21-10-20-35(43(39)37-25-23-28-11-4-5-17-33(28)44(37)45)34-18-7-6-16-32(34)30-24-26-40-38(27-30)36-19-8-12-29-13-9-22-41(46-40)42(29)36/h1-27H. The van der Waals surface area contributed by atoms with Crippen LogP contribution in [0.1, 0.15) is 0 Å². The first-order valence-corrected chi connectivity index (χ1v) is 16.6. The lowest BCUT2D eigenvalue weighted by Crippen LogP contribution is -1.94. The molecule has 46 heavy (non-hydrogen) atoms. The van der Waals surface area contributed by atoms with Crippen LogP contribution >= 0.6 is 11.8 Å². The SMILES string of the molecule is c1ccc(-n2c3cccc(-c4ccccc4-c4ccc5c(c4)-c4cccc6cccc(c46)S5)c3c3ccc4ccccc4c32)cc1. The highest BCUT2D eigenvalue weighted by molar-refractivity contribution is 7.99. The minimum atomic E-state index is 1.17. The molecule has 0 radical (unpaired) electrons. The van der Waals surface area contributed by atoms with Gasteiger partial charge in [-0.3, -0.25) is 0 Å². The molecule has 2 heterocycles. The Kier molecular flexibility index (Phi) is 5.58. The van der Waals surface area contributed by atoms with Gasteiger partial charge in [-0.2, -0.15) is 0 Å². The van der Waals surface area contributed by atoms with E-state index in [1.165, 1.54) is 92.2 Å². The minimum Gasteiger partial charge on any atom is -0.309 e. The second-order valence-electron chi connectivity index (χ2n) is 12.1. The average molecular weight is 602 g/mol. The molecule has 2 heteroatoms. The Morgan fingerprint density at radius 2 is 1.09 bits per heavy atom. The third-order valence-corrected chi connectivity index (χ3v) is 10.7. The molecule has 10 rings (SSSR count). The minimum absolute atomic E-state index is 1.17. The molecule has 0 N–H and O–H groups in total. The van der Waals surface area contributed by atoms with Crippen LogP contribution < -0.4 is 0 Å². The summed E-state index contributed by atoms with van der Waals surface area (Å²) in [6.07, 6.45) is 0. The van der Waals surface area contributed by atoms with Crippen LogP contribution in [-0.2, 0) is 0 Å². The van der Waals surface area contributed by atoms with Crippen molar-refractivity contribution in [2.24, 2.45) is 0 Å². The number of nitrogens with zero attached hydrogens (tertiary/aromatic N) is 1. The summed E-state index contributed by atoms with van der Waals surface area (Å²) in [4.78, 5) is 2.65. The lowest BCUT2D eigenvalue weighted by molar-refractivity contribution is 1.19. The zero-order chi connectivity index (χ0) is 30.2. The molecule has 214 valence electrons. The molecular formula is C44H27NS. The van der Waals surface area contributed by atoms with Gasteiger partial charge in [0.25, 0.3) is 0 Å². The maximum atomic E-state index is 2.45. The van der Waals surface area contributed by atoms with Crippen LogP contribution in [0.25, 0.3) is 82.4 Å². The van der Waals surface area contributed by atoms with E-state index in [4.69, 9.17) is 0 Å². The topological polar surface area (TPSA) is 4.93 Å². The number of hydrogen-bond acceptors (Lipinski definition) is 1. The fourth-order valence-electron chi connectivity index (χ4n) is 7.60. The predicted molar refractivity (Wildman–Crippen MR) is 196 cm³/mol. The van der Waals surface area contributed by atoms with E-state index >= 15 is 0 Å². The average Bonchev–Trinajstić information content (AvgIpc) is 3.47. The number of rotatable bonds is 3. The Balaban J connectivity index is 1.24. The van der Waals surface area contributed by atoms with E-state index < -0.39 is 0 Å². The van der Waals surface area contributed by atoms with E-state index in [-0.39, 0.29) is 0 Å². The van der Waals surface area contributed by atoms with Gasteiger partial charge in [0.1, 0.15) is 0 Å². The van der Waals surface area contributed by atoms with Crippen molar-refractivity contribution in [3.8, 4) is 39.1 Å². The Morgan fingerprint density at radius 1 is 0.391 bits per heavy atom. The lowest BCUT2D eigenvalue weighted by Gasteiger charge is -2.21. The van der Waals surface area contributed by atoms with Crippen molar-refractivity contribution in [2.45, 2.75) is 9.79 Å². The van der Waals surface area contributed by atoms with Crippen LogP contribution in [0, 0.1) is 0 Å². The third-order valence-electron chi connectivity index (χ3n) is 9.58. The number of para-hydroxylation sites is 1. The summed E-state index contributed by atoms with van der Waals surface area (Å²) >= 11 is 1.88. The maximum Gasteiger partial charge on any atom is 0.0619 e. The van der Waals surface area contributed by atoms with Gasteiger partial charge in [-0.15, -0.1) is 0 Å². The normalized spacial score (nSPS) is 12.3. The Bertz CT molecular complexity index is 2660. The van der Waals surface area contributed by atoms with Crippen LogP contribution in [0.2, 0.25) is 0 Å². The van der Waals surface area contributed by atoms with E-state index in [1.807, 2.05) is 11.8 Å². The number of fused-ring (bicyclic) bond motifs is 7. The third kappa shape index (κ3) is 3.71. The lowest BCUT2D eigenvalue weighted by atomic mass is 9.89. The van der Waals surface area contributed by atoms with Crippen molar-refractivity contribution in [2.75, 3.05) is 0 Å². The Morgan fingerprint density at radius 3 is 1.98 bits per heavy atom. The molecule has 0 unspecified atom stereocenters. The molecule has 0 saturated heterocycles. The van der Waals surface area contributed by atoms with Crippen LogP contribution in [0.5, 0.6) is 0 Å². The first-order chi connectivity index (χ1) is 22.8. The van der Waals surface area contributed by atoms with Gasteiger partial charge in [-0.25, -0.2) is 0 Å². The van der Waals surface area contributed by atoms with E-state index in [9.17, 15) is 0 Å². The van der Waals surface area contributed by atoms with Crippen molar-refractivity contribution in [1.82, 2.24) is 4.57 Å². The first kappa shape index (κ1) is 25.7. The predicted octanol–water partition coefficient (Wildman–Crippen LogP) is 12.6. The summed E-state index contributed by atoms with van der Waals surface area (Å²) in [5.41, 5.74) is 11.3. The molecule has 1 nitrogen and oxygen atoms in total. The van der Waals surface area contributed by atoms with E-state index in [1.54, 1.807) is 0 Å². The van der Waals surface area contributed by atoms with Gasteiger partial charge in [-0.1, -0.05) is 139 Å². The summed E-state index contributed by atoms with van der Waals surface area (Å²) in [6, 6.07) is 60.2. The summed E-state index contributed by atoms with van der Waals surface area (Å²) in [5.74, 6) is 0. The fourth-order valence-corrected chi connectivity index (χ4v) is 8.73. The molecule has 1 aromatic heterocycles. The van der Waals surface area contributed by atoms with Gasteiger partial charge < -0.3 is 4.57 Å². The van der Waals surface area contributed by atoms with Gasteiger partial charge in [0.15, 0.2) is 0 Å². The van der Waals surface area contributed by atoms with Crippen molar-refractivity contribution < 1.29 is 0 Å². The van der Waals surface area contributed by atoms with E-state index in [0.717, 1.165) is 0 Å². The molecule has 1 aliphatic heterocycles. The molecule has 1 aliphatic rings. The summed E-state index contributed by atoms with van der Waals surface area (Å²) in [7, 11) is 0. The van der Waals surface area contributed by atoms with Crippen molar-refractivity contribution >= 4 is 55.1 Å². The van der Waals surface area contributed by atoms with Crippen LogP contribution in [0.4, 0.5) is 0 Å². The Hall–Kier alpha value is -5.57. The van der Waals surface area contributed by atoms with Gasteiger partial charge in [0.2, 0.25) is 0 Å². The van der Waals surface area contributed by atoms with Crippen molar-refractivity contribution in [1.29, 1.82) is 0 Å². The van der Waals surface area contributed by atoms with E-state index in [2.05, 4.69) is 168 Å². The molecule has 0 bridgehead atoms.